The fourth-order valence-corrected chi connectivity index (χ4v) is 6.47. The summed E-state index contributed by atoms with van der Waals surface area (Å²) in [5, 5.41) is 11.0. The van der Waals surface area contributed by atoms with Gasteiger partial charge in [-0.15, -0.1) is 23.5 Å². The van der Waals surface area contributed by atoms with E-state index in [1.807, 2.05) is 51.2 Å². The van der Waals surface area contributed by atoms with Crippen LogP contribution in [-0.2, 0) is 18.9 Å². The van der Waals surface area contributed by atoms with Crippen LogP contribution < -0.4 is 0 Å². The Morgan fingerprint density at radius 2 is 1.58 bits per heavy atom. The van der Waals surface area contributed by atoms with Crippen molar-refractivity contribution in [1.29, 1.82) is 0 Å². The van der Waals surface area contributed by atoms with E-state index in [2.05, 4.69) is 6.92 Å². The van der Waals surface area contributed by atoms with Crippen LogP contribution in [0.2, 0.25) is 0 Å². The topological polar surface area (TPSA) is 57.2 Å². The first-order valence-electron chi connectivity index (χ1n) is 8.77. The number of rotatable bonds is 4. The number of aliphatic hydroxyl groups is 1. The van der Waals surface area contributed by atoms with Gasteiger partial charge >= 0.3 is 0 Å². The largest absolute Gasteiger partial charge is 0.388 e. The van der Waals surface area contributed by atoms with Gasteiger partial charge in [0.05, 0.1) is 23.4 Å². The molecule has 3 rings (SSSR count). The van der Waals surface area contributed by atoms with Gasteiger partial charge in [-0.1, -0.05) is 6.92 Å². The number of thioether (sulfide) groups is 2. The highest BCUT2D eigenvalue weighted by molar-refractivity contribution is 8.17. The van der Waals surface area contributed by atoms with Gasteiger partial charge in [-0.2, -0.15) is 0 Å². The van der Waals surface area contributed by atoms with Crippen molar-refractivity contribution in [3.8, 4) is 0 Å². The summed E-state index contributed by atoms with van der Waals surface area (Å²) in [6.07, 6.45) is 0.0496. The number of hydrogen-bond donors (Lipinski definition) is 1. The van der Waals surface area contributed by atoms with Gasteiger partial charge in [-0.05, 0) is 45.6 Å². The summed E-state index contributed by atoms with van der Waals surface area (Å²) in [4.78, 5) is 0. The normalized spacial score (nSPS) is 39.0. The SMILES string of the molecule is C[C@H](C1COC(C)(C)O1)[C@@H]1OC(C)(C)OC1C(O)C1SCCCS1. The Kier molecular flexibility index (Phi) is 5.82. The third-order valence-electron chi connectivity index (χ3n) is 4.77. The fraction of sp³-hybridized carbons (Fsp3) is 1.00. The van der Waals surface area contributed by atoms with Crippen LogP contribution in [0, 0.1) is 5.92 Å². The molecule has 5 atom stereocenters. The summed E-state index contributed by atoms with van der Waals surface area (Å²) in [5.41, 5.74) is 0. The molecule has 3 unspecified atom stereocenters. The zero-order valence-corrected chi connectivity index (χ0v) is 16.8. The average Bonchev–Trinajstić information content (AvgIpc) is 3.05. The zero-order chi connectivity index (χ0) is 17.5. The maximum atomic E-state index is 11.0. The zero-order valence-electron chi connectivity index (χ0n) is 15.2. The van der Waals surface area contributed by atoms with Crippen LogP contribution in [0.15, 0.2) is 0 Å². The van der Waals surface area contributed by atoms with Crippen LogP contribution in [0.25, 0.3) is 0 Å². The summed E-state index contributed by atoms with van der Waals surface area (Å²) < 4.78 is 24.2. The highest BCUT2D eigenvalue weighted by Gasteiger charge is 2.52. The van der Waals surface area contributed by atoms with E-state index in [0.29, 0.717) is 6.61 Å². The molecule has 0 aromatic rings. The van der Waals surface area contributed by atoms with E-state index in [0.717, 1.165) is 11.5 Å². The molecule has 1 N–H and O–H groups in total. The van der Waals surface area contributed by atoms with Crippen LogP contribution in [-0.4, -0.2) is 63.8 Å². The Labute approximate surface area is 153 Å². The highest BCUT2D eigenvalue weighted by atomic mass is 32.2. The van der Waals surface area contributed by atoms with E-state index >= 15 is 0 Å². The van der Waals surface area contributed by atoms with Gasteiger partial charge < -0.3 is 24.1 Å². The van der Waals surface area contributed by atoms with Gasteiger partial charge in [0.1, 0.15) is 12.2 Å². The lowest BCUT2D eigenvalue weighted by Crippen LogP contribution is -2.47. The molecule has 24 heavy (non-hydrogen) atoms. The van der Waals surface area contributed by atoms with Crippen LogP contribution >= 0.6 is 23.5 Å². The molecule has 3 fully saturated rings. The molecule has 3 aliphatic rings. The summed E-state index contributed by atoms with van der Waals surface area (Å²) >= 11 is 3.65. The number of ether oxygens (including phenoxy) is 4. The van der Waals surface area contributed by atoms with Crippen molar-refractivity contribution in [2.75, 3.05) is 18.1 Å². The molecule has 0 spiro atoms. The minimum atomic E-state index is -0.691. The molecule has 0 aromatic carbocycles. The minimum Gasteiger partial charge on any atom is -0.388 e. The molecule has 0 amide bonds. The predicted octanol–water partition coefficient (Wildman–Crippen LogP) is 2.85. The van der Waals surface area contributed by atoms with Crippen molar-refractivity contribution in [3.63, 3.8) is 0 Å². The summed E-state index contributed by atoms with van der Waals surface area (Å²) in [5.74, 6) is 1.02. The third kappa shape index (κ3) is 4.24. The van der Waals surface area contributed by atoms with Crippen molar-refractivity contribution in [2.45, 2.75) is 81.6 Å². The molecular weight excluding hydrogens is 348 g/mol. The van der Waals surface area contributed by atoms with Crippen molar-refractivity contribution >= 4 is 23.5 Å². The Bertz CT molecular complexity index is 439. The molecular formula is C17H30O5S2. The van der Waals surface area contributed by atoms with E-state index in [1.165, 1.54) is 6.42 Å². The molecule has 0 bridgehead atoms. The second-order valence-electron chi connectivity index (χ2n) is 7.75. The average molecular weight is 379 g/mol. The molecule has 5 nitrogen and oxygen atoms in total. The Balaban J connectivity index is 1.71. The predicted molar refractivity (Wildman–Crippen MR) is 97.2 cm³/mol. The molecule has 0 radical (unpaired) electrons. The Morgan fingerprint density at radius 3 is 2.17 bits per heavy atom. The van der Waals surface area contributed by atoms with Gasteiger partial charge in [0.2, 0.25) is 0 Å². The van der Waals surface area contributed by atoms with Gasteiger partial charge in [0, 0.05) is 5.92 Å². The van der Waals surface area contributed by atoms with Crippen LogP contribution in [0.5, 0.6) is 0 Å². The quantitative estimate of drug-likeness (QED) is 0.807. The van der Waals surface area contributed by atoms with E-state index in [1.54, 1.807) is 0 Å². The van der Waals surface area contributed by atoms with Gasteiger partial charge in [0.15, 0.2) is 11.6 Å². The van der Waals surface area contributed by atoms with Crippen molar-refractivity contribution in [1.82, 2.24) is 0 Å². The standard InChI is InChI=1S/C17H30O5S2/c1-10(11-9-19-16(2,3)20-11)13-14(22-17(4,5)21-13)12(18)15-23-7-6-8-24-15/h10-15,18H,6-9H2,1-5H3/t10-,11?,12?,13+,14?/m1/s1. The van der Waals surface area contributed by atoms with E-state index in [9.17, 15) is 5.11 Å². The lowest BCUT2D eigenvalue weighted by molar-refractivity contribution is -0.166. The van der Waals surface area contributed by atoms with Gasteiger partial charge in [-0.25, -0.2) is 0 Å². The fourth-order valence-electron chi connectivity index (χ4n) is 3.53. The molecule has 3 aliphatic heterocycles. The molecule has 0 aliphatic carbocycles. The van der Waals surface area contributed by atoms with E-state index in [4.69, 9.17) is 18.9 Å². The molecule has 7 heteroatoms. The Morgan fingerprint density at radius 1 is 0.958 bits per heavy atom. The van der Waals surface area contributed by atoms with E-state index in [-0.39, 0.29) is 28.8 Å². The number of hydrogen-bond acceptors (Lipinski definition) is 7. The first-order valence-corrected chi connectivity index (χ1v) is 10.9. The lowest BCUT2D eigenvalue weighted by Gasteiger charge is -2.33. The molecule has 3 saturated heterocycles. The molecule has 0 saturated carbocycles. The van der Waals surface area contributed by atoms with Crippen LogP contribution in [0.3, 0.4) is 0 Å². The van der Waals surface area contributed by atoms with Crippen LogP contribution in [0.1, 0.15) is 41.0 Å². The van der Waals surface area contributed by atoms with Crippen LogP contribution in [0.4, 0.5) is 0 Å². The first kappa shape index (κ1) is 19.3. The molecule has 3 heterocycles. The summed E-state index contributed by atoms with van der Waals surface area (Å²) in [6, 6.07) is 0. The number of aliphatic hydroxyl groups excluding tert-OH is 1. The molecule has 0 aromatic heterocycles. The van der Waals surface area contributed by atoms with Crippen molar-refractivity contribution in [2.24, 2.45) is 5.92 Å². The van der Waals surface area contributed by atoms with E-state index < -0.39 is 17.7 Å². The van der Waals surface area contributed by atoms with Crippen molar-refractivity contribution < 1.29 is 24.1 Å². The molecule has 140 valence electrons. The maximum absolute atomic E-state index is 11.0. The summed E-state index contributed by atoms with van der Waals surface area (Å²) in [6.45, 7) is 10.3. The Hall–Kier alpha value is 0.500. The lowest BCUT2D eigenvalue weighted by atomic mass is 9.92. The highest BCUT2D eigenvalue weighted by Crippen LogP contribution is 2.42. The minimum absolute atomic E-state index is 0.0520. The smallest absolute Gasteiger partial charge is 0.163 e. The second kappa shape index (κ2) is 7.25. The second-order valence-corrected chi connectivity index (χ2v) is 10.5. The van der Waals surface area contributed by atoms with Gasteiger partial charge in [0.25, 0.3) is 0 Å². The monoisotopic (exact) mass is 378 g/mol. The first-order chi connectivity index (χ1) is 11.2. The third-order valence-corrected chi connectivity index (χ3v) is 7.85. The summed E-state index contributed by atoms with van der Waals surface area (Å²) in [7, 11) is 0. The van der Waals surface area contributed by atoms with Crippen molar-refractivity contribution in [3.05, 3.63) is 0 Å². The van der Waals surface area contributed by atoms with Gasteiger partial charge in [-0.3, -0.25) is 0 Å². The maximum Gasteiger partial charge on any atom is 0.163 e.